The van der Waals surface area contributed by atoms with Gasteiger partial charge in [0.25, 0.3) is 0 Å². The van der Waals surface area contributed by atoms with Crippen molar-refractivity contribution in [3.63, 3.8) is 0 Å². The number of pyridine rings is 1. The third-order valence-electron chi connectivity index (χ3n) is 2.90. The first-order valence-corrected chi connectivity index (χ1v) is 6.00. The summed E-state index contributed by atoms with van der Waals surface area (Å²) in [4.78, 5) is 17.2. The fourth-order valence-corrected chi connectivity index (χ4v) is 1.90. The van der Waals surface area contributed by atoms with E-state index in [-0.39, 0.29) is 11.7 Å². The van der Waals surface area contributed by atoms with Gasteiger partial charge in [0.2, 0.25) is 0 Å². The van der Waals surface area contributed by atoms with E-state index in [0.29, 0.717) is 13.2 Å². The highest BCUT2D eigenvalue weighted by atomic mass is 16.5. The van der Waals surface area contributed by atoms with E-state index in [1.807, 2.05) is 6.92 Å². The Balaban J connectivity index is 2.84. The van der Waals surface area contributed by atoms with Crippen molar-refractivity contribution in [1.29, 1.82) is 0 Å². The molecular weight excluding hydrogens is 232 g/mol. The summed E-state index contributed by atoms with van der Waals surface area (Å²) in [5.74, 6) is -0.985. The fraction of sp³-hybridized carbons (Fsp3) is 0.538. The SMILES string of the molecule is CCN(Cc1cccnc1C(=O)O)C(C)COC. The van der Waals surface area contributed by atoms with E-state index in [0.717, 1.165) is 12.1 Å². The van der Waals surface area contributed by atoms with Crippen molar-refractivity contribution in [2.24, 2.45) is 0 Å². The Kier molecular flexibility index (Phi) is 5.74. The monoisotopic (exact) mass is 252 g/mol. The molecule has 1 aromatic rings. The summed E-state index contributed by atoms with van der Waals surface area (Å²) in [6.45, 7) is 6.12. The first-order valence-electron chi connectivity index (χ1n) is 6.00. The van der Waals surface area contributed by atoms with Crippen LogP contribution < -0.4 is 0 Å². The molecule has 0 spiro atoms. The Morgan fingerprint density at radius 3 is 2.89 bits per heavy atom. The number of aromatic carboxylic acids is 1. The topological polar surface area (TPSA) is 62.7 Å². The highest BCUT2D eigenvalue weighted by Gasteiger charge is 2.17. The van der Waals surface area contributed by atoms with Crippen molar-refractivity contribution in [3.8, 4) is 0 Å². The number of hydrogen-bond donors (Lipinski definition) is 1. The Hall–Kier alpha value is -1.46. The van der Waals surface area contributed by atoms with Gasteiger partial charge in [0, 0.05) is 25.9 Å². The fourth-order valence-electron chi connectivity index (χ4n) is 1.90. The van der Waals surface area contributed by atoms with Crippen LogP contribution in [-0.4, -0.2) is 47.3 Å². The second-order valence-electron chi connectivity index (χ2n) is 4.18. The van der Waals surface area contributed by atoms with Gasteiger partial charge in [0.15, 0.2) is 5.69 Å². The number of carboxylic acids is 1. The standard InChI is InChI=1S/C13H20N2O3/c1-4-15(10(2)9-18-3)8-11-6-5-7-14-12(11)13(16)17/h5-7,10H,4,8-9H2,1-3H3,(H,16,17). The van der Waals surface area contributed by atoms with Gasteiger partial charge in [0.05, 0.1) is 6.61 Å². The quantitative estimate of drug-likeness (QED) is 0.799. The Morgan fingerprint density at radius 2 is 2.33 bits per heavy atom. The Labute approximate surface area is 107 Å². The van der Waals surface area contributed by atoms with Gasteiger partial charge in [-0.1, -0.05) is 13.0 Å². The molecule has 1 N–H and O–H groups in total. The van der Waals surface area contributed by atoms with Crippen molar-refractivity contribution < 1.29 is 14.6 Å². The smallest absolute Gasteiger partial charge is 0.354 e. The van der Waals surface area contributed by atoms with Gasteiger partial charge >= 0.3 is 5.97 Å². The molecule has 0 aliphatic carbocycles. The van der Waals surface area contributed by atoms with Crippen molar-refractivity contribution in [2.45, 2.75) is 26.4 Å². The number of hydrogen-bond acceptors (Lipinski definition) is 4. The zero-order chi connectivity index (χ0) is 13.5. The summed E-state index contributed by atoms with van der Waals surface area (Å²) >= 11 is 0. The van der Waals surface area contributed by atoms with Crippen LogP contribution in [0.15, 0.2) is 18.3 Å². The third kappa shape index (κ3) is 3.78. The number of aromatic nitrogens is 1. The van der Waals surface area contributed by atoms with E-state index in [9.17, 15) is 4.79 Å². The molecule has 1 atom stereocenters. The lowest BCUT2D eigenvalue weighted by Crippen LogP contribution is -2.36. The van der Waals surface area contributed by atoms with E-state index >= 15 is 0 Å². The molecule has 0 radical (unpaired) electrons. The zero-order valence-electron chi connectivity index (χ0n) is 11.1. The summed E-state index contributed by atoms with van der Waals surface area (Å²) in [6.07, 6.45) is 1.50. The van der Waals surface area contributed by atoms with Crippen LogP contribution in [0.2, 0.25) is 0 Å². The van der Waals surface area contributed by atoms with E-state index in [4.69, 9.17) is 9.84 Å². The molecule has 0 aliphatic rings. The number of nitrogens with zero attached hydrogens (tertiary/aromatic N) is 2. The molecule has 1 rings (SSSR count). The summed E-state index contributed by atoms with van der Waals surface area (Å²) in [5, 5.41) is 9.09. The second kappa shape index (κ2) is 7.08. The molecule has 0 aromatic carbocycles. The number of likely N-dealkylation sites (N-methyl/N-ethyl adjacent to an activating group) is 1. The van der Waals surface area contributed by atoms with Crippen LogP contribution in [0.5, 0.6) is 0 Å². The summed E-state index contributed by atoms with van der Waals surface area (Å²) in [5.41, 5.74) is 0.857. The molecule has 0 saturated carbocycles. The van der Waals surface area contributed by atoms with Crippen LogP contribution in [0.25, 0.3) is 0 Å². The molecular formula is C13H20N2O3. The molecule has 18 heavy (non-hydrogen) atoms. The normalized spacial score (nSPS) is 12.7. The predicted octanol–water partition coefficient (Wildman–Crippen LogP) is 1.64. The van der Waals surface area contributed by atoms with Crippen LogP contribution in [0, 0.1) is 0 Å². The first-order chi connectivity index (χ1) is 8.60. The molecule has 100 valence electrons. The minimum absolute atomic E-state index is 0.126. The van der Waals surface area contributed by atoms with Gasteiger partial charge in [-0.05, 0) is 25.1 Å². The molecule has 5 heteroatoms. The minimum atomic E-state index is -0.985. The van der Waals surface area contributed by atoms with Gasteiger partial charge in [-0.25, -0.2) is 9.78 Å². The molecule has 1 aromatic heterocycles. The van der Waals surface area contributed by atoms with Gasteiger partial charge in [0.1, 0.15) is 0 Å². The van der Waals surface area contributed by atoms with E-state index < -0.39 is 5.97 Å². The van der Waals surface area contributed by atoms with Crippen molar-refractivity contribution >= 4 is 5.97 Å². The maximum absolute atomic E-state index is 11.1. The minimum Gasteiger partial charge on any atom is -0.477 e. The second-order valence-corrected chi connectivity index (χ2v) is 4.18. The molecule has 0 bridgehead atoms. The Morgan fingerprint density at radius 1 is 1.61 bits per heavy atom. The maximum atomic E-state index is 11.1. The van der Waals surface area contributed by atoms with Gasteiger partial charge < -0.3 is 9.84 Å². The number of carbonyl (C=O) groups is 1. The van der Waals surface area contributed by atoms with Crippen LogP contribution in [0.1, 0.15) is 29.9 Å². The van der Waals surface area contributed by atoms with Crippen molar-refractivity contribution in [2.75, 3.05) is 20.3 Å². The van der Waals surface area contributed by atoms with Crippen molar-refractivity contribution in [1.82, 2.24) is 9.88 Å². The molecule has 0 amide bonds. The van der Waals surface area contributed by atoms with Gasteiger partial charge in [-0.15, -0.1) is 0 Å². The summed E-state index contributed by atoms with van der Waals surface area (Å²) < 4.78 is 5.13. The largest absolute Gasteiger partial charge is 0.477 e. The predicted molar refractivity (Wildman–Crippen MR) is 68.6 cm³/mol. The van der Waals surface area contributed by atoms with Gasteiger partial charge in [-0.2, -0.15) is 0 Å². The lowest BCUT2D eigenvalue weighted by Gasteiger charge is -2.27. The number of rotatable bonds is 7. The third-order valence-corrected chi connectivity index (χ3v) is 2.90. The molecule has 5 nitrogen and oxygen atoms in total. The lowest BCUT2D eigenvalue weighted by molar-refractivity contribution is 0.0684. The average Bonchev–Trinajstić information content (AvgIpc) is 2.36. The first kappa shape index (κ1) is 14.6. The van der Waals surface area contributed by atoms with Crippen LogP contribution in [-0.2, 0) is 11.3 Å². The van der Waals surface area contributed by atoms with E-state index in [2.05, 4.69) is 16.8 Å². The highest BCUT2D eigenvalue weighted by Crippen LogP contribution is 2.11. The van der Waals surface area contributed by atoms with Crippen molar-refractivity contribution in [3.05, 3.63) is 29.6 Å². The summed E-state index contributed by atoms with van der Waals surface area (Å²) in [7, 11) is 1.66. The van der Waals surface area contributed by atoms with Crippen LogP contribution in [0.4, 0.5) is 0 Å². The number of carboxylic acid groups (broad SMARTS) is 1. The average molecular weight is 252 g/mol. The number of ether oxygens (including phenoxy) is 1. The molecule has 1 heterocycles. The maximum Gasteiger partial charge on any atom is 0.354 e. The van der Waals surface area contributed by atoms with E-state index in [1.165, 1.54) is 6.20 Å². The molecule has 0 saturated heterocycles. The van der Waals surface area contributed by atoms with E-state index in [1.54, 1.807) is 19.2 Å². The molecule has 0 aliphatic heterocycles. The van der Waals surface area contributed by atoms with Crippen LogP contribution in [0.3, 0.4) is 0 Å². The zero-order valence-corrected chi connectivity index (χ0v) is 11.1. The highest BCUT2D eigenvalue weighted by molar-refractivity contribution is 5.86. The van der Waals surface area contributed by atoms with Crippen LogP contribution >= 0.6 is 0 Å². The Bertz CT molecular complexity index is 396. The molecule has 1 unspecified atom stereocenters. The summed E-state index contributed by atoms with van der Waals surface area (Å²) in [6, 6.07) is 3.80. The number of methoxy groups -OCH3 is 1. The lowest BCUT2D eigenvalue weighted by atomic mass is 10.1. The molecule has 0 fully saturated rings. The van der Waals surface area contributed by atoms with Gasteiger partial charge in [-0.3, -0.25) is 4.90 Å².